The van der Waals surface area contributed by atoms with Crippen molar-refractivity contribution in [1.82, 2.24) is 0 Å². The van der Waals surface area contributed by atoms with Crippen LogP contribution in [0.15, 0.2) is 0 Å². The van der Waals surface area contributed by atoms with Gasteiger partial charge < -0.3 is 0 Å². The van der Waals surface area contributed by atoms with Crippen LogP contribution < -0.4 is 0 Å². The SMILES string of the molecule is CC.N#CCBr. The van der Waals surface area contributed by atoms with Gasteiger partial charge >= 0.3 is 0 Å². The molecule has 0 bridgehead atoms. The van der Waals surface area contributed by atoms with Crippen molar-refractivity contribution in [2.24, 2.45) is 0 Å². The third-order valence-electron chi connectivity index (χ3n) is 0.0598. The zero-order valence-electron chi connectivity index (χ0n) is 4.03. The van der Waals surface area contributed by atoms with Crippen LogP contribution in [0.1, 0.15) is 13.8 Å². The molecule has 6 heavy (non-hydrogen) atoms. The van der Waals surface area contributed by atoms with Gasteiger partial charge in [-0.1, -0.05) is 29.8 Å². The predicted molar refractivity (Wildman–Crippen MR) is 30.8 cm³/mol. The van der Waals surface area contributed by atoms with E-state index in [9.17, 15) is 0 Å². The van der Waals surface area contributed by atoms with E-state index in [0.717, 1.165) is 0 Å². The van der Waals surface area contributed by atoms with E-state index in [4.69, 9.17) is 5.26 Å². The Kier molecular flexibility index (Phi) is 31.5. The summed E-state index contributed by atoms with van der Waals surface area (Å²) in [5, 5.41) is 8.02. The first kappa shape index (κ1) is 9.36. The molecule has 0 aliphatic heterocycles. The fraction of sp³-hybridized carbons (Fsp3) is 0.750. The quantitative estimate of drug-likeness (QED) is 0.484. The van der Waals surface area contributed by atoms with Crippen LogP contribution in [0.25, 0.3) is 0 Å². The van der Waals surface area contributed by atoms with Gasteiger partial charge in [0.1, 0.15) is 0 Å². The molecule has 36 valence electrons. The van der Waals surface area contributed by atoms with Crippen molar-refractivity contribution in [3.8, 4) is 6.07 Å². The zero-order valence-corrected chi connectivity index (χ0v) is 5.62. The van der Waals surface area contributed by atoms with Crippen LogP contribution in [-0.4, -0.2) is 5.33 Å². The second-order valence-corrected chi connectivity index (χ2v) is 0.852. The molecule has 0 saturated heterocycles. The lowest BCUT2D eigenvalue weighted by atomic mass is 10.9. The number of halogens is 1. The van der Waals surface area contributed by atoms with Crippen LogP contribution in [0.5, 0.6) is 0 Å². The highest BCUT2D eigenvalue weighted by atomic mass is 79.9. The summed E-state index contributed by atoms with van der Waals surface area (Å²) in [6, 6.07) is 1.85. The summed E-state index contributed by atoms with van der Waals surface area (Å²) in [6.45, 7) is 4.00. The minimum absolute atomic E-state index is 0.438. The summed E-state index contributed by atoms with van der Waals surface area (Å²) in [4.78, 5) is 0. The lowest BCUT2D eigenvalue weighted by Crippen LogP contribution is -1.45. The minimum Gasteiger partial charge on any atom is -0.197 e. The van der Waals surface area contributed by atoms with E-state index in [1.165, 1.54) is 0 Å². The Morgan fingerprint density at radius 3 is 1.83 bits per heavy atom. The van der Waals surface area contributed by atoms with Gasteiger partial charge in [0.05, 0.1) is 11.4 Å². The molecular formula is C4H8BrN. The Hall–Kier alpha value is -0.0300. The highest BCUT2D eigenvalue weighted by Crippen LogP contribution is 1.68. The molecule has 0 aliphatic carbocycles. The van der Waals surface area contributed by atoms with E-state index in [1.807, 2.05) is 19.9 Å². The Bertz CT molecular complexity index is 37.3. The van der Waals surface area contributed by atoms with Crippen LogP contribution in [0.2, 0.25) is 0 Å². The lowest BCUT2D eigenvalue weighted by Gasteiger charge is -1.44. The summed E-state index contributed by atoms with van der Waals surface area (Å²) in [5.74, 6) is 0. The van der Waals surface area contributed by atoms with E-state index in [-0.39, 0.29) is 0 Å². The van der Waals surface area contributed by atoms with Crippen molar-refractivity contribution < 1.29 is 0 Å². The lowest BCUT2D eigenvalue weighted by molar-refractivity contribution is 1.50. The van der Waals surface area contributed by atoms with Gasteiger partial charge in [-0.15, -0.1) is 0 Å². The molecule has 1 nitrogen and oxygen atoms in total. The highest BCUT2D eigenvalue weighted by molar-refractivity contribution is 9.09. The van der Waals surface area contributed by atoms with Crippen molar-refractivity contribution in [3.63, 3.8) is 0 Å². The first-order valence-corrected chi connectivity index (χ1v) is 2.97. The van der Waals surface area contributed by atoms with Crippen molar-refractivity contribution in [2.75, 3.05) is 5.33 Å². The molecule has 0 radical (unpaired) electrons. The third kappa shape index (κ3) is 37.2. The molecule has 0 amide bonds. The second-order valence-electron chi connectivity index (χ2n) is 0.292. The van der Waals surface area contributed by atoms with E-state index in [1.54, 1.807) is 0 Å². The van der Waals surface area contributed by atoms with Gasteiger partial charge in [0.2, 0.25) is 0 Å². The number of hydrogen-bond donors (Lipinski definition) is 0. The molecule has 0 aromatic carbocycles. The second kappa shape index (κ2) is 20.2. The predicted octanol–water partition coefficient (Wildman–Crippen LogP) is 1.93. The first-order chi connectivity index (χ1) is 2.91. The van der Waals surface area contributed by atoms with Crippen molar-refractivity contribution >= 4 is 15.9 Å². The van der Waals surface area contributed by atoms with E-state index >= 15 is 0 Å². The summed E-state index contributed by atoms with van der Waals surface area (Å²) in [7, 11) is 0. The van der Waals surface area contributed by atoms with E-state index in [0.29, 0.717) is 5.33 Å². The molecule has 0 aliphatic rings. The van der Waals surface area contributed by atoms with E-state index < -0.39 is 0 Å². The van der Waals surface area contributed by atoms with Gasteiger partial charge in [-0.3, -0.25) is 0 Å². The molecule has 0 saturated carbocycles. The third-order valence-corrected chi connectivity index (χ3v) is 0.311. The largest absolute Gasteiger partial charge is 0.197 e. The number of nitrogens with zero attached hydrogens (tertiary/aromatic N) is 1. The molecule has 0 aromatic heterocycles. The first-order valence-electron chi connectivity index (χ1n) is 1.84. The molecular weight excluding hydrogens is 142 g/mol. The Balaban J connectivity index is 0. The number of rotatable bonds is 0. The van der Waals surface area contributed by atoms with Gasteiger partial charge in [-0.25, -0.2) is 0 Å². The van der Waals surface area contributed by atoms with Crippen molar-refractivity contribution in [1.29, 1.82) is 5.26 Å². The summed E-state index contributed by atoms with van der Waals surface area (Å²) in [6.07, 6.45) is 0. The fourth-order valence-electron chi connectivity index (χ4n) is 0. The summed E-state index contributed by atoms with van der Waals surface area (Å²) in [5.41, 5.74) is 0. The number of nitriles is 1. The Morgan fingerprint density at radius 2 is 1.83 bits per heavy atom. The smallest absolute Gasteiger partial charge is 0.0905 e. The molecule has 0 unspecified atom stereocenters. The van der Waals surface area contributed by atoms with Crippen molar-refractivity contribution in [3.05, 3.63) is 0 Å². The molecule has 0 spiro atoms. The average Bonchev–Trinajstić information content (AvgIpc) is 1.72. The maximum Gasteiger partial charge on any atom is 0.0905 e. The van der Waals surface area contributed by atoms with Gasteiger partial charge in [0, 0.05) is 0 Å². The minimum atomic E-state index is 0.438. The monoisotopic (exact) mass is 149 g/mol. The normalized spacial score (nSPS) is 4.33. The van der Waals surface area contributed by atoms with Crippen LogP contribution >= 0.6 is 15.9 Å². The average molecular weight is 150 g/mol. The molecule has 0 aromatic rings. The van der Waals surface area contributed by atoms with Crippen LogP contribution in [0.4, 0.5) is 0 Å². The maximum absolute atomic E-state index is 7.58. The van der Waals surface area contributed by atoms with Gasteiger partial charge in [0.15, 0.2) is 0 Å². The molecule has 0 heterocycles. The van der Waals surface area contributed by atoms with Crippen LogP contribution in [-0.2, 0) is 0 Å². The highest BCUT2D eigenvalue weighted by Gasteiger charge is 1.52. The van der Waals surface area contributed by atoms with Gasteiger partial charge in [-0.2, -0.15) is 5.26 Å². The molecule has 0 atom stereocenters. The number of alkyl halides is 1. The van der Waals surface area contributed by atoms with Crippen LogP contribution in [0.3, 0.4) is 0 Å². The molecule has 2 heteroatoms. The van der Waals surface area contributed by atoms with Gasteiger partial charge in [0.25, 0.3) is 0 Å². The Labute approximate surface area is 47.1 Å². The maximum atomic E-state index is 7.58. The standard InChI is InChI=1S/C2H2BrN.C2H6/c3-1-2-4;1-2/h1H2;1-2H3. The fourth-order valence-corrected chi connectivity index (χ4v) is 0. The van der Waals surface area contributed by atoms with E-state index in [2.05, 4.69) is 15.9 Å². The molecule has 0 rings (SSSR count). The Morgan fingerprint density at radius 1 is 1.67 bits per heavy atom. The number of hydrogen-bond acceptors (Lipinski definition) is 1. The van der Waals surface area contributed by atoms with Crippen LogP contribution in [0, 0.1) is 11.3 Å². The summed E-state index contributed by atoms with van der Waals surface area (Å²) < 4.78 is 0. The molecule has 0 N–H and O–H groups in total. The molecule has 0 fully saturated rings. The summed E-state index contributed by atoms with van der Waals surface area (Å²) >= 11 is 2.89. The topological polar surface area (TPSA) is 23.8 Å². The van der Waals surface area contributed by atoms with Crippen molar-refractivity contribution in [2.45, 2.75) is 13.8 Å². The zero-order chi connectivity index (χ0) is 5.41. The van der Waals surface area contributed by atoms with Gasteiger partial charge in [-0.05, 0) is 0 Å².